The highest BCUT2D eigenvalue weighted by molar-refractivity contribution is 6.18. The van der Waals surface area contributed by atoms with Crippen molar-refractivity contribution in [1.82, 2.24) is 14.9 Å². The van der Waals surface area contributed by atoms with Gasteiger partial charge in [0.05, 0.1) is 37.2 Å². The van der Waals surface area contributed by atoms with Gasteiger partial charge in [-0.3, -0.25) is 4.90 Å². The van der Waals surface area contributed by atoms with Gasteiger partial charge in [-0.2, -0.15) is 0 Å². The number of imidazole rings is 1. The first-order chi connectivity index (χ1) is 9.17. The number of methoxy groups -OCH3 is 1. The van der Waals surface area contributed by atoms with Gasteiger partial charge in [-0.1, -0.05) is 0 Å². The molecule has 0 bridgehead atoms. The number of hydrogen-bond acceptors (Lipinski definition) is 5. The molecule has 0 fully saturated rings. The van der Waals surface area contributed by atoms with Crippen LogP contribution in [0.4, 0.5) is 4.79 Å². The second-order valence-corrected chi connectivity index (χ2v) is 4.38. The summed E-state index contributed by atoms with van der Waals surface area (Å²) < 4.78 is 9.67. The zero-order valence-corrected chi connectivity index (χ0v) is 11.1. The number of alkyl halides is 1. The number of nitrogens with one attached hydrogen (secondary N) is 1. The van der Waals surface area contributed by atoms with E-state index in [1.54, 1.807) is 0 Å². The Bertz CT molecular complexity index is 476. The largest absolute Gasteiger partial charge is 0.467 e. The summed E-state index contributed by atoms with van der Waals surface area (Å²) in [5, 5.41) is 0. The van der Waals surface area contributed by atoms with Gasteiger partial charge in [0.2, 0.25) is 0 Å². The summed E-state index contributed by atoms with van der Waals surface area (Å²) in [5.74, 6) is -0.283. The van der Waals surface area contributed by atoms with E-state index in [-0.39, 0.29) is 19.0 Å². The average Bonchev–Trinajstić information content (AvgIpc) is 2.89. The zero-order valence-electron chi connectivity index (χ0n) is 10.4. The fourth-order valence-corrected chi connectivity index (χ4v) is 2.06. The minimum Gasteiger partial charge on any atom is -0.467 e. The molecule has 0 radical (unpaired) electrons. The van der Waals surface area contributed by atoms with Crippen LogP contribution in [-0.4, -0.2) is 52.6 Å². The third-order valence-corrected chi connectivity index (χ3v) is 3.06. The van der Waals surface area contributed by atoms with Gasteiger partial charge in [-0.25, -0.2) is 14.6 Å². The first kappa shape index (κ1) is 13.7. The number of rotatable bonds is 3. The normalized spacial score (nSPS) is 17.8. The van der Waals surface area contributed by atoms with Crippen LogP contribution in [0.1, 0.15) is 11.4 Å². The van der Waals surface area contributed by atoms with Crippen LogP contribution in [0.25, 0.3) is 0 Å². The van der Waals surface area contributed by atoms with Crippen LogP contribution in [0, 0.1) is 0 Å². The van der Waals surface area contributed by atoms with Crippen LogP contribution in [-0.2, 0) is 27.2 Å². The third kappa shape index (κ3) is 2.81. The first-order valence-corrected chi connectivity index (χ1v) is 6.29. The van der Waals surface area contributed by atoms with Crippen molar-refractivity contribution in [3.05, 3.63) is 17.7 Å². The molecule has 2 rings (SSSR count). The molecule has 1 aromatic rings. The number of esters is 1. The summed E-state index contributed by atoms with van der Waals surface area (Å²) in [6.45, 7) is 0.330. The van der Waals surface area contributed by atoms with E-state index in [1.165, 1.54) is 18.3 Å². The van der Waals surface area contributed by atoms with Crippen molar-refractivity contribution in [2.24, 2.45) is 0 Å². The number of ether oxygens (including phenoxy) is 2. The van der Waals surface area contributed by atoms with Crippen LogP contribution in [0.3, 0.4) is 0 Å². The van der Waals surface area contributed by atoms with E-state index >= 15 is 0 Å². The number of carbonyl (C=O) groups is 2. The van der Waals surface area contributed by atoms with Crippen LogP contribution in [0.15, 0.2) is 6.33 Å². The molecule has 0 aliphatic carbocycles. The van der Waals surface area contributed by atoms with Crippen LogP contribution in [0.5, 0.6) is 0 Å². The van der Waals surface area contributed by atoms with Crippen molar-refractivity contribution in [2.75, 3.05) is 19.6 Å². The Hall–Kier alpha value is -1.76. The molecular weight excluding hydrogens is 274 g/mol. The highest BCUT2D eigenvalue weighted by Crippen LogP contribution is 2.22. The lowest BCUT2D eigenvalue weighted by Crippen LogP contribution is -2.49. The maximum Gasteiger partial charge on any atom is 0.410 e. The fraction of sp³-hybridized carbons (Fsp3) is 0.545. The first-order valence-electron chi connectivity index (χ1n) is 5.75. The molecule has 0 saturated heterocycles. The summed E-state index contributed by atoms with van der Waals surface area (Å²) in [6.07, 6.45) is 1.25. The van der Waals surface area contributed by atoms with E-state index in [4.69, 9.17) is 21.1 Å². The van der Waals surface area contributed by atoms with Crippen molar-refractivity contribution < 1.29 is 19.1 Å². The number of hydrogen-bond donors (Lipinski definition) is 1. The molecule has 1 N–H and O–H groups in total. The molecule has 0 saturated carbocycles. The Morgan fingerprint density at radius 3 is 3.11 bits per heavy atom. The van der Waals surface area contributed by atoms with Gasteiger partial charge < -0.3 is 14.5 Å². The van der Waals surface area contributed by atoms with E-state index in [0.717, 1.165) is 11.4 Å². The maximum atomic E-state index is 11.9. The molecule has 1 aromatic heterocycles. The van der Waals surface area contributed by atoms with Crippen LogP contribution >= 0.6 is 11.6 Å². The van der Waals surface area contributed by atoms with Gasteiger partial charge in [-0.15, -0.1) is 11.6 Å². The third-order valence-electron chi connectivity index (χ3n) is 2.91. The minimum absolute atomic E-state index is 0.0978. The monoisotopic (exact) mass is 287 g/mol. The summed E-state index contributed by atoms with van der Waals surface area (Å²) in [6, 6.07) is -0.719. The smallest absolute Gasteiger partial charge is 0.410 e. The molecule has 0 aromatic carbocycles. The van der Waals surface area contributed by atoms with Crippen LogP contribution in [0.2, 0.25) is 0 Å². The molecule has 19 heavy (non-hydrogen) atoms. The standard InChI is InChI=1S/C11H14ClN3O4/c1-18-10(16)9-4-7-8(14-6-13-7)5-15(9)11(17)19-3-2-12/h6,9H,2-5H2,1H3,(H,13,14). The van der Waals surface area contributed by atoms with E-state index in [2.05, 4.69) is 9.97 Å². The van der Waals surface area contributed by atoms with E-state index < -0.39 is 18.1 Å². The number of aromatic amines is 1. The van der Waals surface area contributed by atoms with E-state index in [0.29, 0.717) is 6.42 Å². The Morgan fingerprint density at radius 2 is 2.42 bits per heavy atom. The zero-order chi connectivity index (χ0) is 13.8. The molecule has 0 spiro atoms. The predicted molar refractivity (Wildman–Crippen MR) is 65.7 cm³/mol. The molecule has 8 heteroatoms. The molecule has 7 nitrogen and oxygen atoms in total. The molecule has 104 valence electrons. The van der Waals surface area contributed by atoms with Gasteiger partial charge in [0.25, 0.3) is 0 Å². The number of fused-ring (bicyclic) bond motifs is 1. The quantitative estimate of drug-likeness (QED) is 0.653. The predicted octanol–water partition coefficient (Wildman–Crippen LogP) is 0.685. The highest BCUT2D eigenvalue weighted by Gasteiger charge is 2.37. The minimum atomic E-state index is -0.719. The number of carbonyl (C=O) groups excluding carboxylic acids is 2. The Morgan fingerprint density at radius 1 is 1.63 bits per heavy atom. The summed E-state index contributed by atoms with van der Waals surface area (Å²) >= 11 is 5.47. The second kappa shape index (κ2) is 5.92. The number of halogens is 1. The summed E-state index contributed by atoms with van der Waals surface area (Å²) in [4.78, 5) is 32.0. The molecular formula is C11H14ClN3O4. The molecule has 1 atom stereocenters. The van der Waals surface area contributed by atoms with Crippen molar-refractivity contribution in [3.8, 4) is 0 Å². The molecule has 1 aliphatic heterocycles. The highest BCUT2D eigenvalue weighted by atomic mass is 35.5. The lowest BCUT2D eigenvalue weighted by atomic mass is 10.0. The Labute approximate surface area is 114 Å². The fourth-order valence-electron chi connectivity index (χ4n) is 1.98. The molecule has 2 heterocycles. The summed E-state index contributed by atoms with van der Waals surface area (Å²) in [7, 11) is 1.28. The van der Waals surface area contributed by atoms with Gasteiger partial charge in [-0.05, 0) is 0 Å². The van der Waals surface area contributed by atoms with Crippen molar-refractivity contribution >= 4 is 23.7 Å². The lowest BCUT2D eigenvalue weighted by Gasteiger charge is -2.32. The van der Waals surface area contributed by atoms with Crippen molar-refractivity contribution in [2.45, 2.75) is 19.0 Å². The Kier molecular flexibility index (Phi) is 4.26. The van der Waals surface area contributed by atoms with Gasteiger partial charge in [0.15, 0.2) is 0 Å². The number of H-pyrrole nitrogens is 1. The van der Waals surface area contributed by atoms with Gasteiger partial charge in [0.1, 0.15) is 12.6 Å². The number of amides is 1. The molecule has 1 amide bonds. The number of nitrogens with zero attached hydrogens (tertiary/aromatic N) is 2. The Balaban J connectivity index is 2.18. The van der Waals surface area contributed by atoms with Crippen molar-refractivity contribution in [3.63, 3.8) is 0 Å². The SMILES string of the molecule is COC(=O)C1Cc2nc[nH]c2CN1C(=O)OCCCl. The second-order valence-electron chi connectivity index (χ2n) is 4.00. The summed E-state index contributed by atoms with van der Waals surface area (Å²) in [5.41, 5.74) is 1.56. The van der Waals surface area contributed by atoms with E-state index in [1.807, 2.05) is 0 Å². The van der Waals surface area contributed by atoms with Crippen LogP contribution < -0.4 is 0 Å². The topological polar surface area (TPSA) is 84.5 Å². The average molecular weight is 288 g/mol. The van der Waals surface area contributed by atoms with Crippen molar-refractivity contribution in [1.29, 1.82) is 0 Å². The van der Waals surface area contributed by atoms with E-state index in [9.17, 15) is 9.59 Å². The lowest BCUT2D eigenvalue weighted by molar-refractivity contribution is -0.147. The van der Waals surface area contributed by atoms with Gasteiger partial charge in [0, 0.05) is 6.42 Å². The molecule has 1 unspecified atom stereocenters. The molecule has 1 aliphatic rings. The number of aromatic nitrogens is 2. The van der Waals surface area contributed by atoms with Gasteiger partial charge >= 0.3 is 12.1 Å². The maximum absolute atomic E-state index is 11.9.